The number of sulfonamides is 1. The number of hydrogen-bond donors (Lipinski definition) is 2. The maximum Gasteiger partial charge on any atom is 0.262 e. The lowest BCUT2D eigenvalue weighted by Crippen LogP contribution is -2.16. The fraction of sp³-hybridized carbons (Fsp3) is 0.143. The van der Waals surface area contributed by atoms with Gasteiger partial charge in [-0.2, -0.15) is 0 Å². The average molecular weight is 373 g/mol. The predicted molar refractivity (Wildman–Crippen MR) is 85.2 cm³/mol. The molecule has 3 N–H and O–H groups in total. The number of nitrogen functional groups attached to an aromatic ring is 1. The van der Waals surface area contributed by atoms with Crippen LogP contribution in [-0.2, 0) is 10.0 Å². The SMILES string of the molecule is Cc1cccc(F)c1NS(=O)(=O)c1cc(Br)cc(N)c1C. The van der Waals surface area contributed by atoms with Gasteiger partial charge in [0.2, 0.25) is 0 Å². The van der Waals surface area contributed by atoms with Gasteiger partial charge in [0.1, 0.15) is 5.82 Å². The third-order valence-corrected chi connectivity index (χ3v) is 5.05. The fourth-order valence-electron chi connectivity index (χ4n) is 1.90. The molecule has 0 saturated heterocycles. The number of aryl methyl sites for hydroxylation is 1. The minimum absolute atomic E-state index is 0.0111. The molecule has 0 aliphatic heterocycles. The summed E-state index contributed by atoms with van der Waals surface area (Å²) < 4.78 is 41.6. The Morgan fingerprint density at radius 1 is 1.24 bits per heavy atom. The van der Waals surface area contributed by atoms with Crippen molar-refractivity contribution in [3.8, 4) is 0 Å². The zero-order valence-corrected chi connectivity index (χ0v) is 13.8. The van der Waals surface area contributed by atoms with Crippen molar-refractivity contribution >= 4 is 37.3 Å². The van der Waals surface area contributed by atoms with E-state index in [1.165, 1.54) is 18.2 Å². The summed E-state index contributed by atoms with van der Waals surface area (Å²) in [6.45, 7) is 3.23. The monoisotopic (exact) mass is 372 g/mol. The first-order valence-corrected chi connectivity index (χ1v) is 8.33. The lowest BCUT2D eigenvalue weighted by Gasteiger charge is -2.14. The van der Waals surface area contributed by atoms with Gasteiger partial charge in [0.25, 0.3) is 10.0 Å². The predicted octanol–water partition coefficient (Wildman–Crippen LogP) is 3.59. The lowest BCUT2D eigenvalue weighted by molar-refractivity contribution is 0.597. The summed E-state index contributed by atoms with van der Waals surface area (Å²) in [4.78, 5) is 0.0111. The van der Waals surface area contributed by atoms with Crippen LogP contribution in [0.1, 0.15) is 11.1 Å². The highest BCUT2D eigenvalue weighted by molar-refractivity contribution is 9.10. The van der Waals surface area contributed by atoms with Crippen LogP contribution in [0.15, 0.2) is 39.7 Å². The highest BCUT2D eigenvalue weighted by atomic mass is 79.9. The van der Waals surface area contributed by atoms with Gasteiger partial charge in [0.05, 0.1) is 10.6 Å². The summed E-state index contributed by atoms with van der Waals surface area (Å²) >= 11 is 3.21. The van der Waals surface area contributed by atoms with Crippen molar-refractivity contribution in [2.24, 2.45) is 0 Å². The molecule has 0 heterocycles. The maximum absolute atomic E-state index is 13.8. The average Bonchev–Trinajstić information content (AvgIpc) is 2.38. The van der Waals surface area contributed by atoms with Gasteiger partial charge in [-0.1, -0.05) is 28.1 Å². The summed E-state index contributed by atoms with van der Waals surface area (Å²) in [5, 5.41) is 0. The van der Waals surface area contributed by atoms with Crippen LogP contribution < -0.4 is 10.5 Å². The summed E-state index contributed by atoms with van der Waals surface area (Å²) in [5.74, 6) is -0.626. The first-order valence-electron chi connectivity index (χ1n) is 6.06. The van der Waals surface area contributed by atoms with E-state index in [1.807, 2.05) is 0 Å². The van der Waals surface area contributed by atoms with Gasteiger partial charge in [-0.15, -0.1) is 0 Å². The Morgan fingerprint density at radius 3 is 2.52 bits per heavy atom. The molecule has 2 aromatic rings. The molecule has 0 fully saturated rings. The smallest absolute Gasteiger partial charge is 0.262 e. The van der Waals surface area contributed by atoms with E-state index in [9.17, 15) is 12.8 Å². The number of para-hydroxylation sites is 1. The molecule has 112 valence electrons. The van der Waals surface area contributed by atoms with Crippen LogP contribution in [0.25, 0.3) is 0 Å². The van der Waals surface area contributed by atoms with Gasteiger partial charge < -0.3 is 5.73 Å². The van der Waals surface area contributed by atoms with Crippen molar-refractivity contribution in [3.63, 3.8) is 0 Å². The highest BCUT2D eigenvalue weighted by Gasteiger charge is 2.21. The quantitative estimate of drug-likeness (QED) is 0.808. The second-order valence-electron chi connectivity index (χ2n) is 4.66. The van der Waals surface area contributed by atoms with E-state index in [0.717, 1.165) is 0 Å². The Kier molecular flexibility index (Phi) is 4.25. The van der Waals surface area contributed by atoms with Gasteiger partial charge in [-0.05, 0) is 43.2 Å². The first-order chi connectivity index (χ1) is 9.72. The second-order valence-corrected chi connectivity index (χ2v) is 7.22. The van der Waals surface area contributed by atoms with E-state index in [2.05, 4.69) is 20.7 Å². The largest absolute Gasteiger partial charge is 0.398 e. The van der Waals surface area contributed by atoms with Crippen molar-refractivity contribution in [2.45, 2.75) is 18.7 Å². The Morgan fingerprint density at radius 2 is 1.90 bits per heavy atom. The topological polar surface area (TPSA) is 72.2 Å². The molecule has 21 heavy (non-hydrogen) atoms. The molecule has 0 radical (unpaired) electrons. The Balaban J connectivity index is 2.54. The number of benzene rings is 2. The molecule has 2 rings (SSSR count). The minimum Gasteiger partial charge on any atom is -0.398 e. The van der Waals surface area contributed by atoms with E-state index >= 15 is 0 Å². The summed E-state index contributed by atoms with van der Waals surface area (Å²) in [6, 6.07) is 7.40. The fourth-order valence-corrected chi connectivity index (χ4v) is 3.97. The van der Waals surface area contributed by atoms with E-state index in [1.54, 1.807) is 26.0 Å². The molecular formula is C14H14BrFN2O2S. The van der Waals surface area contributed by atoms with Crippen LogP contribution in [0, 0.1) is 19.7 Å². The lowest BCUT2D eigenvalue weighted by atomic mass is 10.2. The molecule has 0 aliphatic carbocycles. The van der Waals surface area contributed by atoms with E-state index < -0.39 is 15.8 Å². The van der Waals surface area contributed by atoms with Gasteiger partial charge in [0, 0.05) is 10.2 Å². The molecule has 0 bridgehead atoms. The Labute approximate surface area is 131 Å². The second kappa shape index (κ2) is 5.65. The van der Waals surface area contributed by atoms with Gasteiger partial charge in [-0.25, -0.2) is 12.8 Å². The van der Waals surface area contributed by atoms with Crippen LogP contribution in [0.3, 0.4) is 0 Å². The minimum atomic E-state index is -3.93. The number of rotatable bonds is 3. The Hall–Kier alpha value is -1.60. The van der Waals surface area contributed by atoms with Crippen molar-refractivity contribution in [1.29, 1.82) is 0 Å². The maximum atomic E-state index is 13.8. The van der Waals surface area contributed by atoms with Gasteiger partial charge >= 0.3 is 0 Å². The van der Waals surface area contributed by atoms with E-state index in [-0.39, 0.29) is 10.6 Å². The molecular weight excluding hydrogens is 359 g/mol. The molecule has 0 amide bonds. The number of anilines is 2. The summed E-state index contributed by atoms with van der Waals surface area (Å²) in [5.41, 5.74) is 6.97. The number of nitrogens with one attached hydrogen (secondary N) is 1. The van der Waals surface area contributed by atoms with Crippen LogP contribution in [0.2, 0.25) is 0 Å². The van der Waals surface area contributed by atoms with Crippen molar-refractivity contribution in [3.05, 3.63) is 51.7 Å². The third kappa shape index (κ3) is 3.19. The normalized spacial score (nSPS) is 11.4. The van der Waals surface area contributed by atoms with Crippen LogP contribution in [0.4, 0.5) is 15.8 Å². The molecule has 0 spiro atoms. The Bertz CT molecular complexity index is 787. The van der Waals surface area contributed by atoms with Gasteiger partial charge in [-0.3, -0.25) is 4.72 Å². The summed E-state index contributed by atoms with van der Waals surface area (Å²) in [7, 11) is -3.93. The van der Waals surface area contributed by atoms with Crippen molar-refractivity contribution in [2.75, 3.05) is 10.5 Å². The number of halogens is 2. The first kappa shape index (κ1) is 15.8. The van der Waals surface area contributed by atoms with Crippen molar-refractivity contribution in [1.82, 2.24) is 0 Å². The zero-order chi connectivity index (χ0) is 15.8. The number of nitrogens with two attached hydrogens (primary N) is 1. The zero-order valence-electron chi connectivity index (χ0n) is 11.4. The molecule has 0 saturated carbocycles. The standard InChI is InChI=1S/C14H14BrFN2O2S/c1-8-4-3-5-11(16)14(8)18-21(19,20)13-7-10(15)6-12(17)9(13)2/h3-7,18H,17H2,1-2H3. The van der Waals surface area contributed by atoms with Crippen LogP contribution >= 0.6 is 15.9 Å². The molecule has 0 aromatic heterocycles. The van der Waals surface area contributed by atoms with Crippen molar-refractivity contribution < 1.29 is 12.8 Å². The molecule has 0 aliphatic rings. The third-order valence-electron chi connectivity index (χ3n) is 3.11. The molecule has 0 atom stereocenters. The van der Waals surface area contributed by atoms with Gasteiger partial charge in [0.15, 0.2) is 0 Å². The molecule has 2 aromatic carbocycles. The molecule has 0 unspecified atom stereocenters. The van der Waals surface area contributed by atoms with Crippen LogP contribution in [0.5, 0.6) is 0 Å². The summed E-state index contributed by atoms with van der Waals surface area (Å²) in [6.07, 6.45) is 0. The molecule has 7 heteroatoms. The highest BCUT2D eigenvalue weighted by Crippen LogP contribution is 2.29. The molecule has 4 nitrogen and oxygen atoms in total. The van der Waals surface area contributed by atoms with E-state index in [0.29, 0.717) is 21.3 Å². The van der Waals surface area contributed by atoms with E-state index in [4.69, 9.17) is 5.73 Å². The van der Waals surface area contributed by atoms with Crippen LogP contribution in [-0.4, -0.2) is 8.42 Å². The number of hydrogen-bond acceptors (Lipinski definition) is 3.